The van der Waals surface area contributed by atoms with Crippen molar-refractivity contribution in [3.63, 3.8) is 0 Å². The van der Waals surface area contributed by atoms with Gasteiger partial charge in [0.25, 0.3) is 5.56 Å². The van der Waals surface area contributed by atoms with E-state index < -0.39 is 0 Å². The largest absolute Gasteiger partial charge is 0.461 e. The second-order valence-electron chi connectivity index (χ2n) is 4.19. The fourth-order valence-corrected chi connectivity index (χ4v) is 1.76. The lowest BCUT2D eigenvalue weighted by Gasteiger charge is -2.01. The van der Waals surface area contributed by atoms with Crippen LogP contribution in [0.1, 0.15) is 5.56 Å². The first-order chi connectivity index (χ1) is 9.24. The first-order valence-corrected chi connectivity index (χ1v) is 5.82. The van der Waals surface area contributed by atoms with Gasteiger partial charge in [0, 0.05) is 5.56 Å². The summed E-state index contributed by atoms with van der Waals surface area (Å²) in [6, 6.07) is 11.0. The van der Waals surface area contributed by atoms with E-state index in [0.717, 1.165) is 11.1 Å². The number of aryl methyl sites for hydroxylation is 1. The molecule has 3 rings (SSSR count). The smallest absolute Gasteiger partial charge is 0.278 e. The average molecular weight is 253 g/mol. The molecule has 1 aromatic carbocycles. The lowest BCUT2D eigenvalue weighted by molar-refractivity contribution is 0.575. The standard InChI is InChI=1S/C14H11N3O2/c1-9-4-6-10(7-5-9)12-14(18)15-13(17-16-12)11-3-2-8-19-11/h2-8H,1H3,(H,15,17,18). The van der Waals surface area contributed by atoms with Crippen molar-refractivity contribution in [3.8, 4) is 22.8 Å². The number of nitrogens with zero attached hydrogens (tertiary/aromatic N) is 2. The molecule has 0 unspecified atom stereocenters. The fourth-order valence-electron chi connectivity index (χ4n) is 1.76. The van der Waals surface area contributed by atoms with Crippen molar-refractivity contribution in [1.82, 2.24) is 15.2 Å². The van der Waals surface area contributed by atoms with Gasteiger partial charge < -0.3 is 9.40 Å². The van der Waals surface area contributed by atoms with Crippen LogP contribution in [-0.2, 0) is 0 Å². The van der Waals surface area contributed by atoms with Gasteiger partial charge in [-0.1, -0.05) is 29.8 Å². The molecule has 0 saturated carbocycles. The second kappa shape index (κ2) is 4.53. The molecular weight excluding hydrogens is 242 g/mol. The minimum Gasteiger partial charge on any atom is -0.461 e. The maximum Gasteiger partial charge on any atom is 0.278 e. The average Bonchev–Trinajstić information content (AvgIpc) is 2.94. The van der Waals surface area contributed by atoms with E-state index >= 15 is 0 Å². The number of benzene rings is 1. The molecule has 2 aromatic heterocycles. The highest BCUT2D eigenvalue weighted by molar-refractivity contribution is 5.58. The first-order valence-electron chi connectivity index (χ1n) is 5.82. The summed E-state index contributed by atoms with van der Waals surface area (Å²) in [4.78, 5) is 14.7. The number of hydrogen-bond donors (Lipinski definition) is 1. The number of furan rings is 1. The predicted octanol–water partition coefficient (Wildman–Crippen LogP) is 2.40. The van der Waals surface area contributed by atoms with Crippen LogP contribution >= 0.6 is 0 Å². The van der Waals surface area contributed by atoms with Crippen LogP contribution in [-0.4, -0.2) is 15.2 Å². The molecule has 5 nitrogen and oxygen atoms in total. The normalized spacial score (nSPS) is 10.6. The number of aromatic nitrogens is 3. The molecule has 0 radical (unpaired) electrons. The van der Waals surface area contributed by atoms with Gasteiger partial charge in [-0.3, -0.25) is 4.79 Å². The summed E-state index contributed by atoms with van der Waals surface area (Å²) in [5, 5.41) is 7.96. The zero-order valence-electron chi connectivity index (χ0n) is 10.3. The Balaban J connectivity index is 2.05. The van der Waals surface area contributed by atoms with Gasteiger partial charge in [0.15, 0.2) is 17.3 Å². The molecule has 19 heavy (non-hydrogen) atoms. The van der Waals surface area contributed by atoms with Gasteiger partial charge in [0.2, 0.25) is 0 Å². The Labute approximate surface area is 108 Å². The van der Waals surface area contributed by atoms with E-state index in [4.69, 9.17) is 4.42 Å². The van der Waals surface area contributed by atoms with Gasteiger partial charge in [0.1, 0.15) is 0 Å². The molecule has 0 saturated heterocycles. The number of H-pyrrole nitrogens is 1. The molecule has 0 aliphatic carbocycles. The van der Waals surface area contributed by atoms with Gasteiger partial charge >= 0.3 is 0 Å². The molecule has 3 aromatic rings. The monoisotopic (exact) mass is 253 g/mol. The molecule has 0 spiro atoms. The van der Waals surface area contributed by atoms with Gasteiger partial charge in [-0.15, -0.1) is 10.2 Å². The number of aromatic amines is 1. The molecule has 5 heteroatoms. The summed E-state index contributed by atoms with van der Waals surface area (Å²) in [6.45, 7) is 1.99. The van der Waals surface area contributed by atoms with Crippen molar-refractivity contribution in [2.75, 3.05) is 0 Å². The number of rotatable bonds is 2. The minimum atomic E-state index is -0.287. The van der Waals surface area contributed by atoms with Crippen LogP contribution in [0, 0.1) is 6.92 Å². The van der Waals surface area contributed by atoms with Gasteiger partial charge in [0.05, 0.1) is 6.26 Å². The molecule has 0 atom stereocenters. The second-order valence-corrected chi connectivity index (χ2v) is 4.19. The molecule has 0 aliphatic heterocycles. The van der Waals surface area contributed by atoms with E-state index in [1.165, 1.54) is 6.26 Å². The van der Waals surface area contributed by atoms with Crippen LogP contribution in [0.15, 0.2) is 51.9 Å². The van der Waals surface area contributed by atoms with Crippen LogP contribution in [0.5, 0.6) is 0 Å². The van der Waals surface area contributed by atoms with Crippen LogP contribution in [0.25, 0.3) is 22.8 Å². The summed E-state index contributed by atoms with van der Waals surface area (Å²) < 4.78 is 5.16. The fraction of sp³-hybridized carbons (Fsp3) is 0.0714. The molecule has 94 valence electrons. The molecule has 0 amide bonds. The van der Waals surface area contributed by atoms with Crippen molar-refractivity contribution >= 4 is 0 Å². The first kappa shape index (κ1) is 11.4. The summed E-state index contributed by atoms with van der Waals surface area (Å²) in [5.41, 5.74) is 1.88. The van der Waals surface area contributed by atoms with E-state index in [1.807, 2.05) is 31.2 Å². The summed E-state index contributed by atoms with van der Waals surface area (Å²) in [6.07, 6.45) is 1.52. The molecule has 0 aliphatic rings. The van der Waals surface area contributed by atoms with E-state index in [9.17, 15) is 4.79 Å². The van der Waals surface area contributed by atoms with Crippen LogP contribution in [0.2, 0.25) is 0 Å². The maximum absolute atomic E-state index is 12.0. The maximum atomic E-state index is 12.0. The molecular formula is C14H11N3O2. The lowest BCUT2D eigenvalue weighted by atomic mass is 10.1. The Bertz CT molecular complexity index is 743. The van der Waals surface area contributed by atoms with E-state index in [2.05, 4.69) is 15.2 Å². The molecule has 1 N–H and O–H groups in total. The summed E-state index contributed by atoms with van der Waals surface area (Å²) in [5.74, 6) is 0.811. The molecule has 0 bridgehead atoms. The lowest BCUT2D eigenvalue weighted by Crippen LogP contribution is -2.14. The Morgan fingerprint density at radius 3 is 2.53 bits per heavy atom. The quantitative estimate of drug-likeness (QED) is 0.761. The van der Waals surface area contributed by atoms with Crippen LogP contribution in [0.4, 0.5) is 0 Å². The van der Waals surface area contributed by atoms with Crippen molar-refractivity contribution in [2.45, 2.75) is 6.92 Å². The van der Waals surface area contributed by atoms with Crippen molar-refractivity contribution in [1.29, 1.82) is 0 Å². The van der Waals surface area contributed by atoms with Crippen molar-refractivity contribution < 1.29 is 4.42 Å². The van der Waals surface area contributed by atoms with Gasteiger partial charge in [-0.2, -0.15) is 0 Å². The Kier molecular flexibility index (Phi) is 2.72. The zero-order valence-corrected chi connectivity index (χ0v) is 10.3. The SMILES string of the molecule is Cc1ccc(-c2nnc(-c3ccco3)[nH]c2=O)cc1. The highest BCUT2D eigenvalue weighted by atomic mass is 16.3. The van der Waals surface area contributed by atoms with Crippen LogP contribution < -0.4 is 5.56 Å². The van der Waals surface area contributed by atoms with Gasteiger partial charge in [-0.05, 0) is 19.1 Å². The number of hydrogen-bond acceptors (Lipinski definition) is 4. The van der Waals surface area contributed by atoms with Crippen LogP contribution in [0.3, 0.4) is 0 Å². The van der Waals surface area contributed by atoms with Crippen molar-refractivity contribution in [2.24, 2.45) is 0 Å². The summed E-state index contributed by atoms with van der Waals surface area (Å²) >= 11 is 0. The highest BCUT2D eigenvalue weighted by Gasteiger charge is 2.09. The van der Waals surface area contributed by atoms with Gasteiger partial charge in [-0.25, -0.2) is 0 Å². The third-order valence-corrected chi connectivity index (χ3v) is 2.78. The zero-order chi connectivity index (χ0) is 13.2. The topological polar surface area (TPSA) is 71.8 Å². The molecule has 0 fully saturated rings. The number of nitrogens with one attached hydrogen (secondary N) is 1. The van der Waals surface area contributed by atoms with E-state index in [1.54, 1.807) is 12.1 Å². The minimum absolute atomic E-state index is 0.287. The highest BCUT2D eigenvalue weighted by Crippen LogP contribution is 2.16. The Morgan fingerprint density at radius 2 is 1.89 bits per heavy atom. The van der Waals surface area contributed by atoms with E-state index in [-0.39, 0.29) is 5.56 Å². The van der Waals surface area contributed by atoms with Crippen molar-refractivity contribution in [3.05, 3.63) is 58.6 Å². The van der Waals surface area contributed by atoms with E-state index in [0.29, 0.717) is 17.3 Å². The molecule has 2 heterocycles. The Morgan fingerprint density at radius 1 is 1.11 bits per heavy atom. The third kappa shape index (κ3) is 2.18. The Hall–Kier alpha value is -2.69. The third-order valence-electron chi connectivity index (χ3n) is 2.78. The summed E-state index contributed by atoms with van der Waals surface area (Å²) in [7, 11) is 0. The predicted molar refractivity (Wildman–Crippen MR) is 70.5 cm³/mol.